The van der Waals surface area contributed by atoms with Crippen molar-refractivity contribution in [1.82, 2.24) is 9.91 Å². The number of nitrogens with zero attached hydrogens (tertiary/aromatic N) is 2. The minimum Gasteiger partial charge on any atom is -0.508 e. The Kier molecular flexibility index (Phi) is 8.93. The maximum Gasteiger partial charge on any atom is 0.303 e. The largest absolute Gasteiger partial charge is 0.508 e. The van der Waals surface area contributed by atoms with Crippen LogP contribution in [0.3, 0.4) is 0 Å². The molecule has 3 aromatic rings. The molecule has 2 saturated heterocycles. The highest BCUT2D eigenvalue weighted by Crippen LogP contribution is 2.63. The minimum absolute atomic E-state index is 0.0299. The second-order valence-corrected chi connectivity index (χ2v) is 15.2. The molecule has 8 rings (SSSR count). The smallest absolute Gasteiger partial charge is 0.303 e. The number of hydrazine groups is 1. The number of rotatable bonds is 9. The first kappa shape index (κ1) is 35.7. The molecule has 6 atom stereocenters. The van der Waals surface area contributed by atoms with Crippen LogP contribution in [0.25, 0.3) is 0 Å². The van der Waals surface area contributed by atoms with Gasteiger partial charge in [0.1, 0.15) is 17.2 Å². The van der Waals surface area contributed by atoms with Crippen molar-refractivity contribution in [2.45, 2.75) is 37.5 Å². The van der Waals surface area contributed by atoms with Gasteiger partial charge in [0, 0.05) is 35.9 Å². The number of carboxylic acid groups (broad SMARTS) is 1. The Balaban J connectivity index is 1.30. The molecule has 3 heterocycles. The van der Waals surface area contributed by atoms with Crippen molar-refractivity contribution in [3.63, 3.8) is 0 Å². The summed E-state index contributed by atoms with van der Waals surface area (Å²) in [5.74, 6) is -5.80. The number of halogens is 2. The Labute approximate surface area is 319 Å². The van der Waals surface area contributed by atoms with E-state index in [-0.39, 0.29) is 61.0 Å². The average molecular weight is 773 g/mol. The summed E-state index contributed by atoms with van der Waals surface area (Å²) in [6, 6.07) is 16.4. The van der Waals surface area contributed by atoms with Gasteiger partial charge in [0.25, 0.3) is 11.8 Å². The van der Waals surface area contributed by atoms with Crippen LogP contribution in [0.5, 0.6) is 17.2 Å². The van der Waals surface area contributed by atoms with Gasteiger partial charge in [-0.1, -0.05) is 47.0 Å². The molecule has 5 aliphatic rings. The van der Waals surface area contributed by atoms with Crippen molar-refractivity contribution >= 4 is 58.5 Å². The van der Waals surface area contributed by atoms with E-state index < -0.39 is 58.7 Å². The zero-order valence-electron chi connectivity index (χ0n) is 29.0. The molecular weight excluding hydrogens is 737 g/mol. The lowest BCUT2D eigenvalue weighted by molar-refractivity contribution is -0.142. The summed E-state index contributed by atoms with van der Waals surface area (Å²) >= 11 is 12.7. The fourth-order valence-electron chi connectivity index (χ4n) is 9.33. The first-order chi connectivity index (χ1) is 25.9. The summed E-state index contributed by atoms with van der Waals surface area (Å²) in [6.45, 7) is -0.0299. The van der Waals surface area contributed by atoms with Crippen LogP contribution in [0.15, 0.2) is 84.1 Å². The van der Waals surface area contributed by atoms with Gasteiger partial charge in [0.15, 0.2) is 0 Å². The number of aliphatic carboxylic acids is 1. The number of nitrogens with one attached hydrogen (secondary N) is 1. The van der Waals surface area contributed by atoms with Crippen LogP contribution in [0, 0.1) is 29.6 Å². The second-order valence-electron chi connectivity index (χ2n) is 14.3. The number of ether oxygens (including phenoxy) is 2. The summed E-state index contributed by atoms with van der Waals surface area (Å²) < 4.78 is 11.6. The number of imide groups is 2. The number of phenols is 1. The second kappa shape index (κ2) is 13.5. The van der Waals surface area contributed by atoms with Crippen LogP contribution in [-0.2, 0) is 35.8 Å². The number of allylic oxidation sites excluding steroid dienone is 3. The van der Waals surface area contributed by atoms with Crippen LogP contribution in [-0.4, -0.2) is 63.4 Å². The molecule has 278 valence electrons. The number of benzene rings is 3. The number of phenolic OH excluding ortho intramolecular Hbond substituents is 1. The van der Waals surface area contributed by atoms with E-state index >= 15 is 4.79 Å². The monoisotopic (exact) mass is 771 g/mol. The van der Waals surface area contributed by atoms with Gasteiger partial charge in [0.05, 0.1) is 47.3 Å². The number of anilines is 1. The molecule has 0 bridgehead atoms. The predicted octanol–water partition coefficient (Wildman–Crippen LogP) is 5.91. The van der Waals surface area contributed by atoms with Gasteiger partial charge >= 0.3 is 5.97 Å². The Morgan fingerprint density at radius 2 is 1.78 bits per heavy atom. The summed E-state index contributed by atoms with van der Waals surface area (Å²) in [6.07, 6.45) is 3.98. The Hall–Kier alpha value is -5.33. The lowest BCUT2D eigenvalue weighted by atomic mass is 9.48. The zero-order chi connectivity index (χ0) is 38.1. The first-order valence-electron chi connectivity index (χ1n) is 17.6. The van der Waals surface area contributed by atoms with E-state index in [9.17, 15) is 29.4 Å². The minimum atomic E-state index is -1.57. The number of methoxy groups -OCH3 is 1. The molecule has 0 aromatic heterocycles. The van der Waals surface area contributed by atoms with Gasteiger partial charge in [-0.3, -0.25) is 34.3 Å². The van der Waals surface area contributed by atoms with Gasteiger partial charge < -0.3 is 19.7 Å². The number of carboxylic acids is 1. The Bertz CT molecular complexity index is 2190. The Morgan fingerprint density at radius 3 is 2.50 bits per heavy atom. The molecule has 6 unspecified atom stereocenters. The van der Waals surface area contributed by atoms with Crippen LogP contribution >= 0.6 is 23.2 Å². The third-order valence-electron chi connectivity index (χ3n) is 11.6. The van der Waals surface area contributed by atoms with Crippen molar-refractivity contribution in [3.05, 3.63) is 105 Å². The number of fused-ring (bicyclic) bond motifs is 5. The van der Waals surface area contributed by atoms with Crippen LogP contribution in [0.4, 0.5) is 5.69 Å². The fourth-order valence-corrected chi connectivity index (χ4v) is 9.78. The molecule has 2 aliphatic carbocycles. The van der Waals surface area contributed by atoms with Gasteiger partial charge in [-0.15, -0.1) is 0 Å². The van der Waals surface area contributed by atoms with E-state index in [1.54, 1.807) is 54.8 Å². The molecule has 3 fully saturated rings. The highest BCUT2D eigenvalue weighted by Gasteiger charge is 2.70. The quantitative estimate of drug-likeness (QED) is 0.176. The Morgan fingerprint density at radius 1 is 1.00 bits per heavy atom. The van der Waals surface area contributed by atoms with Crippen LogP contribution in [0.2, 0.25) is 10.0 Å². The van der Waals surface area contributed by atoms with Crippen molar-refractivity contribution in [2.24, 2.45) is 29.6 Å². The standard InChI is InChI=1S/C40H35Cl2N3O9/c1-53-25-8-4-22(5-9-25)40-29(37(50)45(39(40)52)43-31-12-6-23(41)17-30(31)42)18-28-26(35(40)21-15-20-16-24(46)7-13-32(20)54-19-21)10-11-27-34(28)38(51)44(36(27)49)14-2-3-33(47)48/h4-10,12-13,16-17,19,27-29,34-35,43,46H,2-3,11,14-15,18H2,1H3,(H,47,48). The molecule has 54 heavy (non-hydrogen) atoms. The van der Waals surface area contributed by atoms with Crippen molar-refractivity contribution in [2.75, 3.05) is 19.1 Å². The van der Waals surface area contributed by atoms with Crippen LogP contribution in [0.1, 0.15) is 36.8 Å². The van der Waals surface area contributed by atoms with Gasteiger partial charge in [0.2, 0.25) is 11.8 Å². The van der Waals surface area contributed by atoms with E-state index in [1.807, 2.05) is 6.08 Å². The molecule has 3 N–H and O–H groups in total. The molecule has 4 amide bonds. The fraction of sp³-hybridized carbons (Fsp3) is 0.325. The predicted molar refractivity (Wildman–Crippen MR) is 195 cm³/mol. The van der Waals surface area contributed by atoms with E-state index in [0.717, 1.165) is 15.5 Å². The summed E-state index contributed by atoms with van der Waals surface area (Å²) in [4.78, 5) is 70.8. The SMILES string of the molecule is COc1ccc(C23C(=O)N(Nc4ccc(Cl)cc4Cl)C(=O)C2CC2C(=CCC4C(=O)N(CCCC(=O)O)C(=O)C42)C3C2=COc3ccc(O)cc3C2)cc1. The lowest BCUT2D eigenvalue weighted by Crippen LogP contribution is -2.55. The topological polar surface area (TPSA) is 163 Å². The highest BCUT2D eigenvalue weighted by atomic mass is 35.5. The number of hydrogen-bond donors (Lipinski definition) is 3. The van der Waals surface area contributed by atoms with Crippen molar-refractivity contribution in [1.29, 1.82) is 0 Å². The molecule has 12 nitrogen and oxygen atoms in total. The number of aromatic hydroxyl groups is 1. The number of carbonyl (C=O) groups is 5. The lowest BCUT2D eigenvalue weighted by Gasteiger charge is -2.51. The molecule has 0 spiro atoms. The molecule has 1 saturated carbocycles. The van der Waals surface area contributed by atoms with E-state index in [1.165, 1.54) is 19.2 Å². The summed E-state index contributed by atoms with van der Waals surface area (Å²) in [7, 11) is 1.53. The molecule has 3 aliphatic heterocycles. The zero-order valence-corrected chi connectivity index (χ0v) is 30.5. The third kappa shape index (κ3) is 5.53. The van der Waals surface area contributed by atoms with E-state index in [2.05, 4.69) is 5.43 Å². The van der Waals surface area contributed by atoms with Crippen LogP contribution < -0.4 is 14.9 Å². The highest BCUT2D eigenvalue weighted by molar-refractivity contribution is 6.36. The van der Waals surface area contributed by atoms with E-state index in [0.29, 0.717) is 33.2 Å². The maximum absolute atomic E-state index is 15.4. The molecule has 0 radical (unpaired) electrons. The molecular formula is C40H35Cl2N3O9. The average Bonchev–Trinajstić information content (AvgIpc) is 3.52. The third-order valence-corrected chi connectivity index (χ3v) is 12.1. The summed E-state index contributed by atoms with van der Waals surface area (Å²) in [5, 5.41) is 21.2. The first-order valence-corrected chi connectivity index (χ1v) is 18.4. The number of likely N-dealkylation sites (tertiary alicyclic amines) is 1. The molecule has 3 aromatic carbocycles. The number of hydrogen-bond acceptors (Lipinski definition) is 9. The van der Waals surface area contributed by atoms with Crippen molar-refractivity contribution < 1.29 is 43.7 Å². The number of carbonyl (C=O) groups excluding carboxylic acids is 4. The van der Waals surface area contributed by atoms with E-state index in [4.69, 9.17) is 32.7 Å². The van der Waals surface area contributed by atoms with Gasteiger partial charge in [-0.2, -0.15) is 5.01 Å². The summed E-state index contributed by atoms with van der Waals surface area (Å²) in [5.41, 5.74) is 4.27. The van der Waals surface area contributed by atoms with Gasteiger partial charge in [-0.05, 0) is 84.8 Å². The normalized spacial score (nSPS) is 27.0. The molecule has 14 heteroatoms. The maximum atomic E-state index is 15.4. The van der Waals surface area contributed by atoms with Crippen molar-refractivity contribution in [3.8, 4) is 17.2 Å². The van der Waals surface area contributed by atoms with Gasteiger partial charge in [-0.25, -0.2) is 0 Å². The number of amides is 4.